The van der Waals surface area contributed by atoms with Crippen LogP contribution >= 0.6 is 0 Å². The lowest BCUT2D eigenvalue weighted by Gasteiger charge is -2.08. The zero-order valence-electron chi connectivity index (χ0n) is 11.3. The van der Waals surface area contributed by atoms with Crippen molar-refractivity contribution < 1.29 is 9.47 Å². The first kappa shape index (κ1) is 14.4. The summed E-state index contributed by atoms with van der Waals surface area (Å²) in [5.41, 5.74) is 0. The first-order valence-electron chi connectivity index (χ1n) is 6.44. The lowest BCUT2D eigenvalue weighted by atomic mass is 10.3. The van der Waals surface area contributed by atoms with E-state index in [1.807, 2.05) is 24.3 Å². The Morgan fingerprint density at radius 2 is 1.72 bits per heavy atom. The minimum Gasteiger partial charge on any atom is -0.493 e. The van der Waals surface area contributed by atoms with E-state index in [2.05, 4.69) is 31.2 Å². The van der Waals surface area contributed by atoms with Gasteiger partial charge in [0.2, 0.25) is 0 Å². The number of benzene rings is 1. The molecule has 0 saturated heterocycles. The molecule has 0 aromatic heterocycles. The summed E-state index contributed by atoms with van der Waals surface area (Å²) in [6.45, 7) is 2.82. The maximum absolute atomic E-state index is 5.66. The molecule has 2 nitrogen and oxygen atoms in total. The largest absolute Gasteiger partial charge is 0.493 e. The molecule has 0 fully saturated rings. The Balaban J connectivity index is 2.23. The smallest absolute Gasteiger partial charge is 0.161 e. The van der Waals surface area contributed by atoms with Crippen molar-refractivity contribution in [3.8, 4) is 11.5 Å². The fourth-order valence-electron chi connectivity index (χ4n) is 1.53. The van der Waals surface area contributed by atoms with E-state index in [0.717, 1.165) is 30.8 Å². The summed E-state index contributed by atoms with van der Waals surface area (Å²) >= 11 is 0. The summed E-state index contributed by atoms with van der Waals surface area (Å²) in [5.74, 6) is 1.59. The van der Waals surface area contributed by atoms with Crippen molar-refractivity contribution in [3.63, 3.8) is 0 Å². The van der Waals surface area contributed by atoms with Crippen molar-refractivity contribution in [3.05, 3.63) is 48.6 Å². The van der Waals surface area contributed by atoms with Crippen LogP contribution in [0.1, 0.15) is 26.2 Å². The van der Waals surface area contributed by atoms with Gasteiger partial charge in [-0.1, -0.05) is 43.4 Å². The first-order chi connectivity index (χ1) is 8.88. The van der Waals surface area contributed by atoms with E-state index in [9.17, 15) is 0 Å². The summed E-state index contributed by atoms with van der Waals surface area (Å²) in [7, 11) is 1.65. The van der Waals surface area contributed by atoms with Gasteiger partial charge in [0.25, 0.3) is 0 Å². The molecule has 1 rings (SSSR count). The lowest BCUT2D eigenvalue weighted by Crippen LogP contribution is -1.97. The molecule has 0 saturated carbocycles. The van der Waals surface area contributed by atoms with Gasteiger partial charge in [-0.25, -0.2) is 0 Å². The number of allylic oxidation sites excluding steroid dienone is 3. The topological polar surface area (TPSA) is 18.5 Å². The molecular formula is C16H22O2. The second kappa shape index (κ2) is 9.34. The molecule has 18 heavy (non-hydrogen) atoms. The average Bonchev–Trinajstić information content (AvgIpc) is 2.42. The van der Waals surface area contributed by atoms with Crippen LogP contribution in [0, 0.1) is 0 Å². The standard InChI is InChI=1S/C16H22O2/c1-3-4-5-6-7-8-11-14-18-16-13-10-9-12-15(16)17-2/h4-5,7-10,12-13H,3,6,11,14H2,1-2H3/b5-4-,8-7-. The number of para-hydroxylation sites is 2. The molecule has 0 bridgehead atoms. The zero-order valence-corrected chi connectivity index (χ0v) is 11.3. The summed E-state index contributed by atoms with van der Waals surface area (Å²) < 4.78 is 10.9. The van der Waals surface area contributed by atoms with Crippen LogP contribution in [0.3, 0.4) is 0 Å². The van der Waals surface area contributed by atoms with Crippen LogP contribution in [0.2, 0.25) is 0 Å². The van der Waals surface area contributed by atoms with Crippen LogP contribution in [-0.2, 0) is 0 Å². The minimum atomic E-state index is 0.675. The highest BCUT2D eigenvalue weighted by atomic mass is 16.5. The summed E-state index contributed by atoms with van der Waals surface area (Å²) in [6.07, 6.45) is 11.7. The average molecular weight is 246 g/mol. The van der Waals surface area contributed by atoms with Gasteiger partial charge in [-0.2, -0.15) is 0 Å². The summed E-state index contributed by atoms with van der Waals surface area (Å²) in [4.78, 5) is 0. The van der Waals surface area contributed by atoms with E-state index in [1.165, 1.54) is 0 Å². The third-order valence-electron chi connectivity index (χ3n) is 2.45. The van der Waals surface area contributed by atoms with Gasteiger partial charge < -0.3 is 9.47 Å². The molecule has 0 heterocycles. The molecule has 0 N–H and O–H groups in total. The highest BCUT2D eigenvalue weighted by Crippen LogP contribution is 2.25. The van der Waals surface area contributed by atoms with Crippen molar-refractivity contribution in [2.75, 3.05) is 13.7 Å². The Kier molecular flexibility index (Phi) is 7.45. The monoisotopic (exact) mass is 246 g/mol. The third kappa shape index (κ3) is 5.58. The van der Waals surface area contributed by atoms with Gasteiger partial charge in [-0.15, -0.1) is 0 Å². The summed E-state index contributed by atoms with van der Waals surface area (Å²) in [5, 5.41) is 0. The highest BCUT2D eigenvalue weighted by Gasteiger charge is 2.00. The molecule has 0 aliphatic carbocycles. The van der Waals surface area contributed by atoms with Crippen LogP contribution in [0.15, 0.2) is 48.6 Å². The van der Waals surface area contributed by atoms with Gasteiger partial charge in [0.1, 0.15) is 0 Å². The SMILES string of the molecule is CC/C=C\C/C=C\CCOc1ccccc1OC. The van der Waals surface area contributed by atoms with Crippen LogP contribution in [-0.4, -0.2) is 13.7 Å². The number of ether oxygens (including phenoxy) is 2. The first-order valence-corrected chi connectivity index (χ1v) is 6.44. The molecule has 0 radical (unpaired) electrons. The van der Waals surface area contributed by atoms with Crippen molar-refractivity contribution in [2.45, 2.75) is 26.2 Å². The van der Waals surface area contributed by atoms with Gasteiger partial charge in [-0.05, 0) is 31.4 Å². The van der Waals surface area contributed by atoms with Gasteiger partial charge >= 0.3 is 0 Å². The van der Waals surface area contributed by atoms with E-state index in [4.69, 9.17) is 9.47 Å². The molecule has 0 amide bonds. The Labute approximate surface area is 110 Å². The van der Waals surface area contributed by atoms with Gasteiger partial charge in [0.05, 0.1) is 13.7 Å². The maximum Gasteiger partial charge on any atom is 0.161 e. The molecule has 0 aliphatic rings. The molecular weight excluding hydrogens is 224 g/mol. The Morgan fingerprint density at radius 1 is 1.00 bits per heavy atom. The number of methoxy groups -OCH3 is 1. The molecule has 0 spiro atoms. The van der Waals surface area contributed by atoms with E-state index in [1.54, 1.807) is 7.11 Å². The number of hydrogen-bond acceptors (Lipinski definition) is 2. The quantitative estimate of drug-likeness (QED) is 0.500. The second-order valence-electron chi connectivity index (χ2n) is 3.87. The van der Waals surface area contributed by atoms with Gasteiger partial charge in [-0.3, -0.25) is 0 Å². The Bertz CT molecular complexity index is 380. The van der Waals surface area contributed by atoms with E-state index < -0.39 is 0 Å². The Morgan fingerprint density at radius 3 is 2.44 bits per heavy atom. The molecule has 2 heteroatoms. The fourth-order valence-corrected chi connectivity index (χ4v) is 1.53. The number of hydrogen-bond donors (Lipinski definition) is 0. The van der Waals surface area contributed by atoms with E-state index in [0.29, 0.717) is 6.61 Å². The van der Waals surface area contributed by atoms with Crippen molar-refractivity contribution in [2.24, 2.45) is 0 Å². The van der Waals surface area contributed by atoms with E-state index in [-0.39, 0.29) is 0 Å². The second-order valence-corrected chi connectivity index (χ2v) is 3.87. The normalized spacial score (nSPS) is 11.2. The molecule has 1 aromatic rings. The van der Waals surface area contributed by atoms with Crippen LogP contribution in [0.25, 0.3) is 0 Å². The molecule has 1 aromatic carbocycles. The predicted octanol–water partition coefficient (Wildman–Crippen LogP) is 4.38. The fraction of sp³-hybridized carbons (Fsp3) is 0.375. The maximum atomic E-state index is 5.66. The zero-order chi connectivity index (χ0) is 13.1. The van der Waals surface area contributed by atoms with Gasteiger partial charge in [0, 0.05) is 0 Å². The number of rotatable bonds is 8. The Hall–Kier alpha value is -1.70. The predicted molar refractivity (Wildman–Crippen MR) is 76.3 cm³/mol. The summed E-state index contributed by atoms with van der Waals surface area (Å²) in [6, 6.07) is 7.71. The van der Waals surface area contributed by atoms with Gasteiger partial charge in [0.15, 0.2) is 11.5 Å². The third-order valence-corrected chi connectivity index (χ3v) is 2.45. The molecule has 0 unspecified atom stereocenters. The van der Waals surface area contributed by atoms with E-state index >= 15 is 0 Å². The highest BCUT2D eigenvalue weighted by molar-refractivity contribution is 5.39. The molecule has 0 aliphatic heterocycles. The van der Waals surface area contributed by atoms with Crippen LogP contribution in [0.5, 0.6) is 11.5 Å². The lowest BCUT2D eigenvalue weighted by molar-refractivity contribution is 0.300. The van der Waals surface area contributed by atoms with Crippen LogP contribution < -0.4 is 9.47 Å². The van der Waals surface area contributed by atoms with Crippen molar-refractivity contribution >= 4 is 0 Å². The van der Waals surface area contributed by atoms with Crippen molar-refractivity contribution in [1.29, 1.82) is 0 Å². The van der Waals surface area contributed by atoms with Crippen LogP contribution in [0.4, 0.5) is 0 Å². The minimum absolute atomic E-state index is 0.675. The molecule has 98 valence electrons. The van der Waals surface area contributed by atoms with Crippen molar-refractivity contribution in [1.82, 2.24) is 0 Å². The molecule has 0 atom stereocenters.